The fourth-order valence-electron chi connectivity index (χ4n) is 2.18. The van der Waals surface area contributed by atoms with Crippen molar-refractivity contribution in [2.45, 2.75) is 0 Å². The van der Waals surface area contributed by atoms with Gasteiger partial charge in [0.2, 0.25) is 0 Å². The molecule has 0 bridgehead atoms. The topological polar surface area (TPSA) is 0 Å². The van der Waals surface area contributed by atoms with E-state index >= 15 is 0 Å². The van der Waals surface area contributed by atoms with Crippen molar-refractivity contribution in [3.8, 4) is 0 Å². The second-order valence-corrected chi connectivity index (χ2v) is 6.56. The van der Waals surface area contributed by atoms with Crippen molar-refractivity contribution >= 4 is 33.7 Å². The molecule has 0 amide bonds. The van der Waals surface area contributed by atoms with Gasteiger partial charge in [0.15, 0.2) is 0 Å². The van der Waals surface area contributed by atoms with E-state index in [2.05, 4.69) is 91.0 Å². The molecule has 1 atom stereocenters. The van der Waals surface area contributed by atoms with E-state index < -0.39 is 7.92 Å². The van der Waals surface area contributed by atoms with Gasteiger partial charge in [0.05, 0.1) is 0 Å². The lowest BCUT2D eigenvalue weighted by atomic mass is 10.4. The molecular formula is C18H19BrP2. The number of halogens is 1. The van der Waals surface area contributed by atoms with Crippen molar-refractivity contribution in [3.05, 3.63) is 91.0 Å². The van der Waals surface area contributed by atoms with E-state index in [-0.39, 0.29) is 26.9 Å². The van der Waals surface area contributed by atoms with Crippen LogP contribution in [0.3, 0.4) is 0 Å². The molecule has 0 nitrogen and oxygen atoms in total. The van der Waals surface area contributed by atoms with Gasteiger partial charge in [-0.15, -0.1) is 0 Å². The summed E-state index contributed by atoms with van der Waals surface area (Å²) in [6.07, 6.45) is 0. The normalized spacial score (nSPS) is 9.57. The van der Waals surface area contributed by atoms with E-state index in [0.717, 1.165) is 0 Å². The highest BCUT2D eigenvalue weighted by Crippen LogP contribution is 2.32. The third kappa shape index (κ3) is 4.48. The number of hydrogen-bond acceptors (Lipinski definition) is 0. The summed E-state index contributed by atoms with van der Waals surface area (Å²) in [6, 6.07) is 32.3. The Morgan fingerprint density at radius 1 is 0.429 bits per heavy atom. The predicted molar refractivity (Wildman–Crippen MR) is 97.6 cm³/mol. The lowest BCUT2D eigenvalue weighted by Crippen LogP contribution is -3.00. The summed E-state index contributed by atoms with van der Waals surface area (Å²) in [7, 11) is -0.446. The van der Waals surface area contributed by atoms with Crippen molar-refractivity contribution in [3.63, 3.8) is 0 Å². The molecule has 0 aliphatic rings. The van der Waals surface area contributed by atoms with Crippen LogP contribution >= 0.6 is 17.8 Å². The molecule has 3 heteroatoms. The Balaban J connectivity index is 0.00000110. The molecule has 0 aliphatic heterocycles. The standard InChI is InChI=1S/C18H15P.BrH.H3P/c1-4-10-16(11-5-1)19(17-12-6-2-7-13-17)18-14-8-3-9-15-18;;/h1-15H;1H;1H3. The van der Waals surface area contributed by atoms with Crippen LogP contribution in [0.15, 0.2) is 91.0 Å². The maximum atomic E-state index is 2.23. The molecule has 21 heavy (non-hydrogen) atoms. The van der Waals surface area contributed by atoms with E-state index in [1.165, 1.54) is 15.9 Å². The zero-order valence-corrected chi connectivity index (χ0v) is 16.5. The highest BCUT2D eigenvalue weighted by molar-refractivity contribution is 7.79. The Morgan fingerprint density at radius 3 is 0.905 bits per heavy atom. The Hall–Kier alpha value is -1.00. The molecule has 3 aromatic rings. The summed E-state index contributed by atoms with van der Waals surface area (Å²) in [4.78, 5) is 0. The summed E-state index contributed by atoms with van der Waals surface area (Å²) in [5, 5.41) is 4.19. The smallest absolute Gasteiger partial charge is 0.0134 e. The molecule has 108 valence electrons. The van der Waals surface area contributed by atoms with E-state index in [9.17, 15) is 0 Å². The van der Waals surface area contributed by atoms with Gasteiger partial charge in [0.1, 0.15) is 0 Å². The van der Waals surface area contributed by atoms with Crippen molar-refractivity contribution in [1.29, 1.82) is 0 Å². The monoisotopic (exact) mass is 376 g/mol. The summed E-state index contributed by atoms with van der Waals surface area (Å²) in [5.41, 5.74) is 0. The molecular weight excluding hydrogens is 358 g/mol. The van der Waals surface area contributed by atoms with E-state index in [0.29, 0.717) is 0 Å². The molecule has 0 fully saturated rings. The zero-order chi connectivity index (χ0) is 12.9. The van der Waals surface area contributed by atoms with E-state index in [1.807, 2.05) is 0 Å². The minimum Gasteiger partial charge on any atom is -1.00 e. The fraction of sp³-hybridized carbons (Fsp3) is 0. The Labute approximate surface area is 141 Å². The highest BCUT2D eigenvalue weighted by Gasteiger charge is 2.14. The molecule has 1 unspecified atom stereocenters. The van der Waals surface area contributed by atoms with Gasteiger partial charge in [-0.2, -0.15) is 0 Å². The van der Waals surface area contributed by atoms with Crippen LogP contribution in [-0.4, -0.2) is 0 Å². The predicted octanol–water partition coefficient (Wildman–Crippen LogP) is 0.239. The number of hydrogen-bond donors (Lipinski definition) is 0. The zero-order valence-electron chi connectivity index (χ0n) is 12.0. The molecule has 0 aromatic heterocycles. The summed E-state index contributed by atoms with van der Waals surface area (Å²) in [5.74, 6) is 0. The fourth-order valence-corrected chi connectivity index (χ4v) is 4.48. The Morgan fingerprint density at radius 2 is 0.667 bits per heavy atom. The molecule has 0 saturated carbocycles. The van der Waals surface area contributed by atoms with Crippen molar-refractivity contribution < 1.29 is 17.0 Å². The summed E-state index contributed by atoms with van der Waals surface area (Å²) < 4.78 is 0. The quantitative estimate of drug-likeness (QED) is 0.574. The first-order chi connectivity index (χ1) is 9.45. The molecule has 0 heterocycles. The van der Waals surface area contributed by atoms with Crippen LogP contribution in [0.1, 0.15) is 0 Å². The maximum Gasteiger partial charge on any atom is -0.0134 e. The summed E-state index contributed by atoms with van der Waals surface area (Å²) in [6.45, 7) is 0. The molecule has 0 radical (unpaired) electrons. The highest BCUT2D eigenvalue weighted by atomic mass is 79.9. The van der Waals surface area contributed by atoms with Crippen LogP contribution in [0.25, 0.3) is 0 Å². The van der Waals surface area contributed by atoms with Crippen molar-refractivity contribution in [2.24, 2.45) is 0 Å². The SMILES string of the molecule is [Br-].[PH4+].c1ccc(P(c2ccccc2)c2ccccc2)cc1. The van der Waals surface area contributed by atoms with Gasteiger partial charge < -0.3 is 17.0 Å². The maximum absolute atomic E-state index is 2.23. The van der Waals surface area contributed by atoms with Gasteiger partial charge in [-0.25, -0.2) is 0 Å². The molecule has 0 aliphatic carbocycles. The second-order valence-electron chi connectivity index (χ2n) is 4.34. The van der Waals surface area contributed by atoms with Crippen molar-refractivity contribution in [2.75, 3.05) is 0 Å². The molecule has 3 aromatic carbocycles. The van der Waals surface area contributed by atoms with Crippen LogP contribution < -0.4 is 32.9 Å². The molecule has 0 saturated heterocycles. The second kappa shape index (κ2) is 9.11. The van der Waals surface area contributed by atoms with Gasteiger partial charge in [0.25, 0.3) is 0 Å². The van der Waals surface area contributed by atoms with Crippen LogP contribution in [0.5, 0.6) is 0 Å². The van der Waals surface area contributed by atoms with Gasteiger partial charge in [0, 0.05) is 0 Å². The van der Waals surface area contributed by atoms with Crippen molar-refractivity contribution in [1.82, 2.24) is 0 Å². The minimum atomic E-state index is -0.446. The molecule has 0 spiro atoms. The van der Waals surface area contributed by atoms with Crippen LogP contribution in [-0.2, 0) is 0 Å². The number of benzene rings is 3. The first-order valence-corrected chi connectivity index (χ1v) is 7.74. The van der Waals surface area contributed by atoms with Gasteiger partial charge in [-0.1, -0.05) is 91.0 Å². The van der Waals surface area contributed by atoms with E-state index in [4.69, 9.17) is 0 Å². The largest absolute Gasteiger partial charge is 1.00 e. The third-order valence-corrected chi connectivity index (χ3v) is 5.49. The van der Waals surface area contributed by atoms with Gasteiger partial charge in [-0.05, 0) is 33.7 Å². The Kier molecular flexibility index (Phi) is 7.83. The average molecular weight is 377 g/mol. The van der Waals surface area contributed by atoms with Gasteiger partial charge >= 0.3 is 0 Å². The van der Waals surface area contributed by atoms with Crippen LogP contribution in [0.4, 0.5) is 0 Å². The summed E-state index contributed by atoms with van der Waals surface area (Å²) >= 11 is 0. The Bertz CT molecular complexity index is 533. The van der Waals surface area contributed by atoms with Crippen LogP contribution in [0.2, 0.25) is 0 Å². The third-order valence-electron chi connectivity index (χ3n) is 3.04. The lowest BCUT2D eigenvalue weighted by Gasteiger charge is -2.18. The van der Waals surface area contributed by atoms with Gasteiger partial charge in [-0.3, -0.25) is 0 Å². The average Bonchev–Trinajstić information content (AvgIpc) is 2.51. The lowest BCUT2D eigenvalue weighted by molar-refractivity contribution is -0.00000372. The first kappa shape index (κ1) is 18.1. The molecule has 0 N–H and O–H groups in total. The number of rotatable bonds is 3. The molecule has 3 rings (SSSR count). The van der Waals surface area contributed by atoms with E-state index in [1.54, 1.807) is 0 Å². The minimum absolute atomic E-state index is 0. The van der Waals surface area contributed by atoms with Crippen LogP contribution in [0, 0.1) is 0 Å². The first-order valence-electron chi connectivity index (χ1n) is 6.40.